The van der Waals surface area contributed by atoms with E-state index in [1.165, 1.54) is 12.3 Å². The maximum atomic E-state index is 12.4. The van der Waals surface area contributed by atoms with E-state index >= 15 is 0 Å². The number of hydrogen-bond acceptors (Lipinski definition) is 2. The summed E-state index contributed by atoms with van der Waals surface area (Å²) in [6.45, 7) is 3.74. The molecule has 0 aliphatic rings. The van der Waals surface area contributed by atoms with Crippen molar-refractivity contribution in [2.75, 3.05) is 5.73 Å². The highest BCUT2D eigenvalue weighted by molar-refractivity contribution is 5.52. The van der Waals surface area contributed by atoms with Gasteiger partial charge in [-0.1, -0.05) is 13.8 Å². The molecular weight excluding hydrogens is 174 g/mol. The first-order valence-corrected chi connectivity index (χ1v) is 4.06. The molecule has 0 spiro atoms. The average molecular weight is 186 g/mol. The number of pyridine rings is 1. The number of aromatic nitrogens is 1. The Hall–Kier alpha value is -1.19. The SMILES string of the molecule is CC(C)c1nccc(C(F)F)c1N. The number of alkyl halides is 2. The van der Waals surface area contributed by atoms with Gasteiger partial charge in [0.25, 0.3) is 6.43 Å². The summed E-state index contributed by atoms with van der Waals surface area (Å²) >= 11 is 0. The quantitative estimate of drug-likeness (QED) is 0.771. The molecule has 0 radical (unpaired) electrons. The molecule has 0 saturated heterocycles. The van der Waals surface area contributed by atoms with E-state index in [0.717, 1.165) is 0 Å². The standard InChI is InChI=1S/C9H12F2N2/c1-5(2)8-7(12)6(9(10)11)3-4-13-8/h3-5,9H,12H2,1-2H3. The third-order valence-electron chi connectivity index (χ3n) is 1.84. The van der Waals surface area contributed by atoms with E-state index in [1.54, 1.807) is 0 Å². The summed E-state index contributed by atoms with van der Waals surface area (Å²) in [6.07, 6.45) is -1.16. The molecule has 72 valence electrons. The van der Waals surface area contributed by atoms with Crippen molar-refractivity contribution in [1.82, 2.24) is 4.98 Å². The summed E-state index contributed by atoms with van der Waals surface area (Å²) in [4.78, 5) is 3.96. The van der Waals surface area contributed by atoms with Crippen molar-refractivity contribution in [2.45, 2.75) is 26.2 Å². The van der Waals surface area contributed by atoms with Gasteiger partial charge in [-0.15, -0.1) is 0 Å². The smallest absolute Gasteiger partial charge is 0.265 e. The van der Waals surface area contributed by atoms with Crippen molar-refractivity contribution in [2.24, 2.45) is 0 Å². The number of rotatable bonds is 2. The molecule has 0 saturated carbocycles. The zero-order valence-electron chi connectivity index (χ0n) is 7.59. The topological polar surface area (TPSA) is 38.9 Å². The Bertz CT molecular complexity index is 271. The van der Waals surface area contributed by atoms with Crippen molar-refractivity contribution in [3.63, 3.8) is 0 Å². The van der Waals surface area contributed by atoms with Gasteiger partial charge in [-0.3, -0.25) is 4.98 Å². The first kappa shape index (κ1) is 9.89. The number of hydrogen-bond donors (Lipinski definition) is 1. The minimum absolute atomic E-state index is 0.0682. The van der Waals surface area contributed by atoms with Gasteiger partial charge in [-0.25, -0.2) is 8.78 Å². The van der Waals surface area contributed by atoms with Crippen LogP contribution in [0.3, 0.4) is 0 Å². The van der Waals surface area contributed by atoms with Crippen LogP contribution in [0.2, 0.25) is 0 Å². The van der Waals surface area contributed by atoms with Gasteiger partial charge < -0.3 is 5.73 Å². The van der Waals surface area contributed by atoms with Crippen LogP contribution in [-0.2, 0) is 0 Å². The molecule has 1 aromatic rings. The Labute approximate surface area is 75.8 Å². The summed E-state index contributed by atoms with van der Waals surface area (Å²) in [5.41, 5.74) is 6.07. The molecule has 2 N–H and O–H groups in total. The Morgan fingerprint density at radius 3 is 2.46 bits per heavy atom. The van der Waals surface area contributed by atoms with Crippen LogP contribution in [0.5, 0.6) is 0 Å². The van der Waals surface area contributed by atoms with E-state index in [9.17, 15) is 8.78 Å². The molecule has 0 bridgehead atoms. The van der Waals surface area contributed by atoms with E-state index in [4.69, 9.17) is 5.73 Å². The fourth-order valence-electron chi connectivity index (χ4n) is 1.16. The van der Waals surface area contributed by atoms with Crippen molar-refractivity contribution in [1.29, 1.82) is 0 Å². The van der Waals surface area contributed by atoms with Crippen molar-refractivity contribution in [3.8, 4) is 0 Å². The second-order valence-electron chi connectivity index (χ2n) is 3.15. The van der Waals surface area contributed by atoms with E-state index in [2.05, 4.69) is 4.98 Å². The lowest BCUT2D eigenvalue weighted by Gasteiger charge is -2.11. The predicted octanol–water partition coefficient (Wildman–Crippen LogP) is 2.72. The monoisotopic (exact) mass is 186 g/mol. The van der Waals surface area contributed by atoms with Crippen LogP contribution in [0, 0.1) is 0 Å². The number of nitrogen functional groups attached to an aromatic ring is 1. The number of nitrogens with zero attached hydrogens (tertiary/aromatic N) is 1. The first-order valence-electron chi connectivity index (χ1n) is 4.06. The molecule has 1 aromatic heterocycles. The Morgan fingerprint density at radius 2 is 2.00 bits per heavy atom. The zero-order chi connectivity index (χ0) is 10.0. The lowest BCUT2D eigenvalue weighted by molar-refractivity contribution is 0.152. The second kappa shape index (κ2) is 3.68. The molecule has 0 unspecified atom stereocenters. The highest BCUT2D eigenvalue weighted by Crippen LogP contribution is 2.29. The van der Waals surface area contributed by atoms with E-state index in [-0.39, 0.29) is 17.2 Å². The summed E-state index contributed by atoms with van der Waals surface area (Å²) in [6, 6.07) is 1.26. The Morgan fingerprint density at radius 1 is 1.38 bits per heavy atom. The second-order valence-corrected chi connectivity index (χ2v) is 3.15. The fourth-order valence-corrected chi connectivity index (χ4v) is 1.16. The van der Waals surface area contributed by atoms with Gasteiger partial charge in [0.15, 0.2) is 0 Å². The molecule has 0 aromatic carbocycles. The van der Waals surface area contributed by atoms with Crippen molar-refractivity contribution in [3.05, 3.63) is 23.5 Å². The van der Waals surface area contributed by atoms with Gasteiger partial charge in [0, 0.05) is 11.8 Å². The van der Waals surface area contributed by atoms with Crippen LogP contribution < -0.4 is 5.73 Å². The van der Waals surface area contributed by atoms with Crippen LogP contribution in [0.4, 0.5) is 14.5 Å². The Kier molecular flexibility index (Phi) is 2.80. The van der Waals surface area contributed by atoms with Crippen LogP contribution in [0.25, 0.3) is 0 Å². The molecule has 13 heavy (non-hydrogen) atoms. The number of nitrogens with two attached hydrogens (primary N) is 1. The Balaban J connectivity index is 3.18. The molecule has 1 rings (SSSR count). The summed E-state index contributed by atoms with van der Waals surface area (Å²) < 4.78 is 24.7. The average Bonchev–Trinajstić information content (AvgIpc) is 2.03. The lowest BCUT2D eigenvalue weighted by atomic mass is 10.1. The largest absolute Gasteiger partial charge is 0.397 e. The predicted molar refractivity (Wildman–Crippen MR) is 47.7 cm³/mol. The van der Waals surface area contributed by atoms with Gasteiger partial charge in [0.1, 0.15) is 0 Å². The third kappa shape index (κ3) is 1.94. The summed E-state index contributed by atoms with van der Waals surface area (Å²) in [7, 11) is 0. The van der Waals surface area contributed by atoms with Gasteiger partial charge in [0.2, 0.25) is 0 Å². The molecule has 0 aliphatic carbocycles. The zero-order valence-corrected chi connectivity index (χ0v) is 7.59. The van der Waals surface area contributed by atoms with E-state index in [0.29, 0.717) is 5.69 Å². The summed E-state index contributed by atoms with van der Waals surface area (Å²) in [5, 5.41) is 0. The van der Waals surface area contributed by atoms with Gasteiger partial charge in [0.05, 0.1) is 11.4 Å². The van der Waals surface area contributed by atoms with Crippen LogP contribution in [-0.4, -0.2) is 4.98 Å². The third-order valence-corrected chi connectivity index (χ3v) is 1.84. The molecule has 1 heterocycles. The fraction of sp³-hybridized carbons (Fsp3) is 0.444. The van der Waals surface area contributed by atoms with Crippen molar-refractivity contribution < 1.29 is 8.78 Å². The van der Waals surface area contributed by atoms with E-state index < -0.39 is 6.43 Å². The maximum Gasteiger partial charge on any atom is 0.265 e. The first-order chi connectivity index (χ1) is 6.04. The summed E-state index contributed by atoms with van der Waals surface area (Å²) in [5.74, 6) is 0.0682. The van der Waals surface area contributed by atoms with Crippen LogP contribution in [0.15, 0.2) is 12.3 Å². The molecule has 0 amide bonds. The van der Waals surface area contributed by atoms with Gasteiger partial charge in [-0.2, -0.15) is 0 Å². The molecule has 0 aliphatic heterocycles. The van der Waals surface area contributed by atoms with Gasteiger partial charge >= 0.3 is 0 Å². The molecular formula is C9H12F2N2. The minimum Gasteiger partial charge on any atom is -0.397 e. The minimum atomic E-state index is -2.53. The van der Waals surface area contributed by atoms with Crippen LogP contribution in [0.1, 0.15) is 37.4 Å². The van der Waals surface area contributed by atoms with E-state index in [1.807, 2.05) is 13.8 Å². The van der Waals surface area contributed by atoms with Crippen molar-refractivity contribution >= 4 is 5.69 Å². The lowest BCUT2D eigenvalue weighted by Crippen LogP contribution is -2.04. The van der Waals surface area contributed by atoms with Gasteiger partial charge in [-0.05, 0) is 12.0 Å². The highest BCUT2D eigenvalue weighted by Gasteiger charge is 2.15. The molecule has 4 heteroatoms. The molecule has 0 fully saturated rings. The highest BCUT2D eigenvalue weighted by atomic mass is 19.3. The number of anilines is 1. The molecule has 0 atom stereocenters. The normalized spacial score (nSPS) is 11.2. The van der Waals surface area contributed by atoms with Crippen LogP contribution >= 0.6 is 0 Å². The molecule has 2 nitrogen and oxygen atoms in total. The number of halogens is 2. The maximum absolute atomic E-state index is 12.4.